The summed E-state index contributed by atoms with van der Waals surface area (Å²) < 4.78 is 13.1. The van der Waals surface area contributed by atoms with Gasteiger partial charge >= 0.3 is 6.03 Å². The molecule has 0 heterocycles. The van der Waals surface area contributed by atoms with Crippen LogP contribution >= 0.6 is 0 Å². The number of aryl methyl sites for hydroxylation is 1. The number of amidine groups is 1. The molecule has 0 aliphatic heterocycles. The van der Waals surface area contributed by atoms with Crippen LogP contribution in [0.15, 0.2) is 53.5 Å². The van der Waals surface area contributed by atoms with E-state index in [9.17, 15) is 14.3 Å². The van der Waals surface area contributed by atoms with E-state index in [0.717, 1.165) is 43.5 Å². The van der Waals surface area contributed by atoms with Crippen molar-refractivity contribution in [2.75, 3.05) is 32.0 Å². The van der Waals surface area contributed by atoms with Crippen molar-refractivity contribution >= 4 is 17.6 Å². The molecule has 8 heteroatoms. The maximum absolute atomic E-state index is 13.1. The second-order valence-corrected chi connectivity index (χ2v) is 8.17. The molecule has 5 N–H and O–H groups in total. The lowest BCUT2D eigenvalue weighted by Crippen LogP contribution is -2.48. The van der Waals surface area contributed by atoms with Crippen molar-refractivity contribution in [3.63, 3.8) is 0 Å². The number of nitrogens with two attached hydrogens (primary N) is 1. The summed E-state index contributed by atoms with van der Waals surface area (Å²) in [5.74, 6) is 0.157. The molecule has 2 rings (SSSR count). The fraction of sp³-hybridized carbons (Fsp3) is 0.440. The second-order valence-electron chi connectivity index (χ2n) is 8.17. The Bertz CT molecular complexity index is 904. The van der Waals surface area contributed by atoms with Gasteiger partial charge in [-0.3, -0.25) is 4.99 Å². The van der Waals surface area contributed by atoms with E-state index in [4.69, 9.17) is 5.73 Å². The molecule has 0 aromatic heterocycles. The molecule has 2 atom stereocenters. The first-order valence-corrected chi connectivity index (χ1v) is 11.4. The predicted molar refractivity (Wildman–Crippen MR) is 132 cm³/mol. The van der Waals surface area contributed by atoms with Crippen molar-refractivity contribution in [2.45, 2.75) is 45.3 Å². The highest BCUT2D eigenvalue weighted by atomic mass is 19.1. The Kier molecular flexibility index (Phi) is 10.8. The molecule has 0 aliphatic rings. The van der Waals surface area contributed by atoms with Gasteiger partial charge < -0.3 is 26.4 Å². The molecule has 2 aromatic carbocycles. The summed E-state index contributed by atoms with van der Waals surface area (Å²) in [6.07, 6.45) is 1.99. The number of carbonyl (C=O) groups excluding carboxylic acids is 1. The third-order valence-electron chi connectivity index (χ3n) is 5.43. The second kappa shape index (κ2) is 13.5. The smallest absolute Gasteiger partial charge is 0.319 e. The predicted octanol–water partition coefficient (Wildman–Crippen LogP) is 3.38. The fourth-order valence-electron chi connectivity index (χ4n) is 3.55. The normalized spacial score (nSPS) is 13.6. The highest BCUT2D eigenvalue weighted by molar-refractivity contribution is 5.99. The number of aliphatic imine (C=N–C) groups is 1. The summed E-state index contributed by atoms with van der Waals surface area (Å²) in [4.78, 5) is 18.6. The number of anilines is 1. The quantitative estimate of drug-likeness (QED) is 0.290. The van der Waals surface area contributed by atoms with E-state index in [1.807, 2.05) is 6.07 Å². The molecule has 33 heavy (non-hydrogen) atoms. The van der Waals surface area contributed by atoms with E-state index >= 15 is 0 Å². The van der Waals surface area contributed by atoms with Gasteiger partial charge in [0, 0.05) is 24.8 Å². The molecule has 7 nitrogen and oxygen atoms in total. The average Bonchev–Trinajstić information content (AvgIpc) is 2.79. The SMILES string of the molecule is CCCN(CCCc1ccc(F)cc1)C[C@H](O)[C@@H](C)NC(=O)Nc1cccc(C(N)=NC)c1. The molecule has 180 valence electrons. The van der Waals surface area contributed by atoms with Crippen molar-refractivity contribution in [1.82, 2.24) is 10.2 Å². The van der Waals surface area contributed by atoms with Gasteiger partial charge in [0.15, 0.2) is 0 Å². The minimum atomic E-state index is -0.720. The van der Waals surface area contributed by atoms with Gasteiger partial charge in [0.1, 0.15) is 11.7 Å². The molecule has 2 amide bonds. The summed E-state index contributed by atoms with van der Waals surface area (Å²) in [6.45, 7) is 6.00. The molecule has 0 radical (unpaired) electrons. The van der Waals surface area contributed by atoms with E-state index in [0.29, 0.717) is 18.1 Å². The zero-order valence-electron chi connectivity index (χ0n) is 19.7. The van der Waals surface area contributed by atoms with Crippen LogP contribution < -0.4 is 16.4 Å². The van der Waals surface area contributed by atoms with E-state index in [-0.39, 0.29) is 5.82 Å². The lowest BCUT2D eigenvalue weighted by atomic mass is 10.1. The third-order valence-corrected chi connectivity index (χ3v) is 5.43. The number of nitrogens with zero attached hydrogens (tertiary/aromatic N) is 2. The van der Waals surface area contributed by atoms with Crippen molar-refractivity contribution in [2.24, 2.45) is 10.7 Å². The number of rotatable bonds is 12. The molecule has 2 aromatic rings. The molecule has 0 saturated carbocycles. The molecule has 0 fully saturated rings. The first-order valence-electron chi connectivity index (χ1n) is 11.4. The van der Waals surface area contributed by atoms with Crippen LogP contribution in [0.1, 0.15) is 37.8 Å². The van der Waals surface area contributed by atoms with Crippen LogP contribution in [-0.2, 0) is 6.42 Å². The van der Waals surface area contributed by atoms with Crippen LogP contribution in [0.2, 0.25) is 0 Å². The van der Waals surface area contributed by atoms with Gasteiger partial charge in [-0.25, -0.2) is 9.18 Å². The van der Waals surface area contributed by atoms with Gasteiger partial charge in [-0.1, -0.05) is 31.2 Å². The zero-order valence-corrected chi connectivity index (χ0v) is 19.7. The van der Waals surface area contributed by atoms with Crippen molar-refractivity contribution in [3.8, 4) is 0 Å². The fourth-order valence-corrected chi connectivity index (χ4v) is 3.55. The summed E-state index contributed by atoms with van der Waals surface area (Å²) in [5.41, 5.74) is 8.23. The van der Waals surface area contributed by atoms with Crippen LogP contribution in [0.3, 0.4) is 0 Å². The number of aliphatic hydroxyl groups is 1. The number of urea groups is 1. The Labute approximate surface area is 195 Å². The van der Waals surface area contributed by atoms with Gasteiger partial charge in [-0.2, -0.15) is 0 Å². The van der Waals surface area contributed by atoms with Crippen LogP contribution in [0, 0.1) is 5.82 Å². The van der Waals surface area contributed by atoms with Crippen LogP contribution in [-0.4, -0.2) is 60.7 Å². The Morgan fingerprint density at radius 2 is 1.94 bits per heavy atom. The third kappa shape index (κ3) is 9.19. The summed E-state index contributed by atoms with van der Waals surface area (Å²) in [6, 6.07) is 12.8. The average molecular weight is 458 g/mol. The monoisotopic (exact) mass is 457 g/mol. The van der Waals surface area contributed by atoms with E-state index in [1.165, 1.54) is 12.1 Å². The van der Waals surface area contributed by atoms with Gasteiger partial charge in [0.25, 0.3) is 0 Å². The number of nitrogens with one attached hydrogen (secondary N) is 2. The van der Waals surface area contributed by atoms with E-state index < -0.39 is 18.2 Å². The summed E-state index contributed by atoms with van der Waals surface area (Å²) in [5, 5.41) is 16.2. The molecule has 0 aliphatic carbocycles. The summed E-state index contributed by atoms with van der Waals surface area (Å²) in [7, 11) is 1.61. The number of hydrogen-bond donors (Lipinski definition) is 4. The molecule has 0 spiro atoms. The molecular formula is C25H36FN5O2. The van der Waals surface area contributed by atoms with Gasteiger partial charge in [0.05, 0.1) is 12.1 Å². The molecule has 0 bridgehead atoms. The Morgan fingerprint density at radius 1 is 1.21 bits per heavy atom. The Hall–Kier alpha value is -2.97. The van der Waals surface area contributed by atoms with Crippen molar-refractivity contribution in [1.29, 1.82) is 0 Å². The van der Waals surface area contributed by atoms with E-state index in [2.05, 4.69) is 27.4 Å². The number of halogens is 1. The van der Waals surface area contributed by atoms with Crippen molar-refractivity contribution < 1.29 is 14.3 Å². The minimum Gasteiger partial charge on any atom is -0.390 e. The van der Waals surface area contributed by atoms with Crippen LogP contribution in [0.5, 0.6) is 0 Å². The van der Waals surface area contributed by atoms with Crippen molar-refractivity contribution in [3.05, 3.63) is 65.5 Å². The Morgan fingerprint density at radius 3 is 2.61 bits per heavy atom. The van der Waals surface area contributed by atoms with Gasteiger partial charge in [-0.15, -0.1) is 0 Å². The van der Waals surface area contributed by atoms with E-state index in [1.54, 1.807) is 44.3 Å². The molecule has 0 unspecified atom stereocenters. The Balaban J connectivity index is 1.82. The van der Waals surface area contributed by atoms with Gasteiger partial charge in [0.2, 0.25) is 0 Å². The number of amides is 2. The largest absolute Gasteiger partial charge is 0.390 e. The maximum atomic E-state index is 13.1. The number of carbonyl (C=O) groups is 1. The maximum Gasteiger partial charge on any atom is 0.319 e. The highest BCUT2D eigenvalue weighted by Crippen LogP contribution is 2.11. The van der Waals surface area contributed by atoms with Gasteiger partial charge in [-0.05, 0) is 69.1 Å². The molecule has 0 saturated heterocycles. The standard InChI is InChI=1S/C25H36FN5O2/c1-4-14-31(15-6-7-19-10-12-21(26)13-11-19)17-23(32)18(2)29-25(33)30-22-9-5-8-20(16-22)24(27)28-3/h5,8-13,16,18,23,32H,4,6-7,14-15,17H2,1-3H3,(H2,27,28)(H2,29,30,33)/t18-,23+/m1/s1. The lowest BCUT2D eigenvalue weighted by Gasteiger charge is -2.28. The number of benzene rings is 2. The first-order chi connectivity index (χ1) is 15.8. The first kappa shape index (κ1) is 26.3. The van der Waals surface area contributed by atoms with Crippen LogP contribution in [0.4, 0.5) is 14.9 Å². The zero-order chi connectivity index (χ0) is 24.2. The highest BCUT2D eigenvalue weighted by Gasteiger charge is 2.19. The summed E-state index contributed by atoms with van der Waals surface area (Å²) >= 11 is 0. The topological polar surface area (TPSA) is 103 Å². The molecular weight excluding hydrogens is 421 g/mol. The van der Waals surface area contributed by atoms with Crippen LogP contribution in [0.25, 0.3) is 0 Å². The lowest BCUT2D eigenvalue weighted by molar-refractivity contribution is 0.0868. The minimum absolute atomic E-state index is 0.230. The number of hydrogen-bond acceptors (Lipinski definition) is 4. The number of aliphatic hydroxyl groups excluding tert-OH is 1.